The molecule has 0 aliphatic rings. The summed E-state index contributed by atoms with van der Waals surface area (Å²) in [6.07, 6.45) is 0. The van der Waals surface area contributed by atoms with E-state index in [1.165, 1.54) is 26.8 Å². The molecule has 1 atom stereocenters. The van der Waals surface area contributed by atoms with E-state index in [0.717, 1.165) is 0 Å². The average Bonchev–Trinajstić information content (AvgIpc) is 2.18. The van der Waals surface area contributed by atoms with Crippen LogP contribution in [-0.2, 0) is 24.2 Å². The molecular weight excluding hydrogens is 234 g/mol. The summed E-state index contributed by atoms with van der Waals surface area (Å²) in [5.74, 6) is -2.63. The lowest BCUT2D eigenvalue weighted by atomic mass is 10.3. The highest BCUT2D eigenvalue weighted by Crippen LogP contribution is 2.10. The predicted octanol–water partition coefficient (Wildman–Crippen LogP) is -0.166. The van der Waals surface area contributed by atoms with E-state index in [2.05, 4.69) is 4.74 Å². The number of rotatable bonds is 5. The van der Waals surface area contributed by atoms with Crippen molar-refractivity contribution in [1.29, 1.82) is 5.26 Å². The summed E-state index contributed by atoms with van der Waals surface area (Å²) in [5, 5.41) is 5.75. The molecule has 0 bridgehead atoms. The van der Waals surface area contributed by atoms with Gasteiger partial charge >= 0.3 is 5.97 Å². The maximum atomic E-state index is 11.6. The van der Waals surface area contributed by atoms with E-state index in [-0.39, 0.29) is 6.61 Å². The van der Waals surface area contributed by atoms with Gasteiger partial charge in [0.2, 0.25) is 5.25 Å². The molecule has 0 aliphatic carbocycles. The van der Waals surface area contributed by atoms with Gasteiger partial charge in [0.25, 0.3) is 5.78 Å². The third kappa shape index (κ3) is 3.03. The number of hydrogen-bond donors (Lipinski definition) is 0. The van der Waals surface area contributed by atoms with E-state index in [1.54, 1.807) is 0 Å². The number of ether oxygens (including phenoxy) is 1. The molecule has 0 saturated carbocycles. The van der Waals surface area contributed by atoms with Gasteiger partial charge in [-0.3, -0.25) is 4.79 Å². The Balaban J connectivity index is 5.13. The Morgan fingerprint density at radius 2 is 1.88 bits per heavy atom. The van der Waals surface area contributed by atoms with Crippen LogP contribution in [0.2, 0.25) is 0 Å². The minimum atomic E-state index is -3.96. The van der Waals surface area contributed by atoms with E-state index < -0.39 is 32.1 Å². The van der Waals surface area contributed by atoms with Crippen LogP contribution in [0.5, 0.6) is 0 Å². The summed E-state index contributed by atoms with van der Waals surface area (Å²) in [5.41, 5.74) is 0. The van der Waals surface area contributed by atoms with Crippen LogP contribution in [0, 0.1) is 11.3 Å². The van der Waals surface area contributed by atoms with Crippen molar-refractivity contribution >= 4 is 21.6 Å². The fraction of sp³-hybridized carbons (Fsp3) is 0.667. The van der Waals surface area contributed by atoms with Crippen LogP contribution in [0.4, 0.5) is 0 Å². The van der Waals surface area contributed by atoms with Gasteiger partial charge < -0.3 is 4.74 Å². The third-order valence-electron chi connectivity index (χ3n) is 1.82. The van der Waals surface area contributed by atoms with E-state index in [4.69, 9.17) is 5.26 Å². The Labute approximate surface area is 94.1 Å². The molecule has 0 aromatic rings. The summed E-state index contributed by atoms with van der Waals surface area (Å²) in [6.45, 7) is 4.09. The SMILES string of the molecule is CCOC(=O)C(=O)C(C#N)S(=O)(=O)C(C)C. The van der Waals surface area contributed by atoms with Crippen LogP contribution >= 0.6 is 0 Å². The van der Waals surface area contributed by atoms with Crippen LogP contribution in [0.1, 0.15) is 20.8 Å². The van der Waals surface area contributed by atoms with Gasteiger partial charge in [-0.2, -0.15) is 5.26 Å². The zero-order valence-electron chi connectivity index (χ0n) is 9.26. The molecule has 0 spiro atoms. The van der Waals surface area contributed by atoms with E-state index in [0.29, 0.717) is 0 Å². The van der Waals surface area contributed by atoms with Crippen LogP contribution < -0.4 is 0 Å². The second kappa shape index (κ2) is 5.61. The van der Waals surface area contributed by atoms with Crippen molar-refractivity contribution in [2.24, 2.45) is 0 Å². The van der Waals surface area contributed by atoms with Crippen LogP contribution in [0.25, 0.3) is 0 Å². The quantitative estimate of drug-likeness (QED) is 0.494. The first-order valence-electron chi connectivity index (χ1n) is 4.62. The van der Waals surface area contributed by atoms with Crippen LogP contribution in [0.15, 0.2) is 0 Å². The first-order valence-corrected chi connectivity index (χ1v) is 6.23. The molecule has 0 fully saturated rings. The maximum absolute atomic E-state index is 11.6. The molecule has 90 valence electrons. The zero-order valence-corrected chi connectivity index (χ0v) is 10.1. The largest absolute Gasteiger partial charge is 0.460 e. The number of carbonyl (C=O) groups is 2. The summed E-state index contributed by atoms with van der Waals surface area (Å²) in [4.78, 5) is 22.4. The molecule has 16 heavy (non-hydrogen) atoms. The fourth-order valence-electron chi connectivity index (χ4n) is 0.863. The number of sulfone groups is 1. The van der Waals surface area contributed by atoms with Gasteiger partial charge in [0, 0.05) is 0 Å². The summed E-state index contributed by atoms with van der Waals surface area (Å²) >= 11 is 0. The summed E-state index contributed by atoms with van der Waals surface area (Å²) in [7, 11) is -3.96. The Morgan fingerprint density at radius 3 is 2.19 bits per heavy atom. The molecule has 6 nitrogen and oxygen atoms in total. The first kappa shape index (κ1) is 14.6. The minimum Gasteiger partial charge on any atom is -0.460 e. The molecule has 0 aromatic carbocycles. The van der Waals surface area contributed by atoms with Crippen molar-refractivity contribution in [3.63, 3.8) is 0 Å². The molecule has 0 aliphatic heterocycles. The molecule has 7 heteroatoms. The second-order valence-corrected chi connectivity index (χ2v) is 5.82. The lowest BCUT2D eigenvalue weighted by molar-refractivity contribution is -0.152. The molecule has 0 heterocycles. The van der Waals surface area contributed by atoms with E-state index in [9.17, 15) is 18.0 Å². The topological polar surface area (TPSA) is 101 Å². The smallest absolute Gasteiger partial charge is 0.377 e. The highest BCUT2D eigenvalue weighted by atomic mass is 32.2. The van der Waals surface area contributed by atoms with Gasteiger partial charge in [-0.25, -0.2) is 13.2 Å². The molecule has 0 N–H and O–H groups in total. The van der Waals surface area contributed by atoms with Gasteiger partial charge in [-0.1, -0.05) is 0 Å². The second-order valence-electron chi connectivity index (χ2n) is 3.23. The Hall–Kier alpha value is -1.42. The fourth-order valence-corrected chi connectivity index (χ4v) is 1.95. The number of esters is 1. The molecule has 0 rings (SSSR count). The minimum absolute atomic E-state index is 0.0511. The number of Topliss-reactive ketones (excluding diaryl/α,β-unsaturated/α-hetero) is 1. The standard InChI is InChI=1S/C9H13NO5S/c1-4-15-9(12)8(11)7(5-10)16(13,14)6(2)3/h6-7H,4H2,1-3H3. The maximum Gasteiger partial charge on any atom is 0.377 e. The zero-order chi connectivity index (χ0) is 12.9. The monoisotopic (exact) mass is 247 g/mol. The molecule has 0 amide bonds. The highest BCUT2D eigenvalue weighted by molar-refractivity contribution is 7.93. The van der Waals surface area contributed by atoms with Crippen molar-refractivity contribution in [3.05, 3.63) is 0 Å². The molecule has 0 aromatic heterocycles. The third-order valence-corrected chi connectivity index (χ3v) is 4.11. The lowest BCUT2D eigenvalue weighted by Gasteiger charge is -2.11. The van der Waals surface area contributed by atoms with Crippen LogP contribution in [0.3, 0.4) is 0 Å². The van der Waals surface area contributed by atoms with Gasteiger partial charge in [-0.15, -0.1) is 0 Å². The predicted molar refractivity (Wildman–Crippen MR) is 55.1 cm³/mol. The van der Waals surface area contributed by atoms with Gasteiger partial charge in [0.1, 0.15) is 0 Å². The van der Waals surface area contributed by atoms with Crippen molar-refractivity contribution in [3.8, 4) is 6.07 Å². The first-order chi connectivity index (χ1) is 7.28. The van der Waals surface area contributed by atoms with E-state index >= 15 is 0 Å². The Morgan fingerprint density at radius 1 is 1.38 bits per heavy atom. The average molecular weight is 247 g/mol. The van der Waals surface area contributed by atoms with Gasteiger partial charge in [-0.05, 0) is 20.8 Å². The molecule has 0 radical (unpaired) electrons. The normalized spacial score (nSPS) is 12.9. The van der Waals surface area contributed by atoms with Gasteiger partial charge in [0.15, 0.2) is 9.84 Å². The highest BCUT2D eigenvalue weighted by Gasteiger charge is 2.39. The lowest BCUT2D eigenvalue weighted by Crippen LogP contribution is -2.39. The number of carbonyl (C=O) groups excluding carboxylic acids is 2. The van der Waals surface area contributed by atoms with Crippen molar-refractivity contribution in [1.82, 2.24) is 0 Å². The Kier molecular flexibility index (Phi) is 5.11. The van der Waals surface area contributed by atoms with Crippen molar-refractivity contribution in [2.45, 2.75) is 31.3 Å². The summed E-state index contributed by atoms with van der Waals surface area (Å²) < 4.78 is 27.5. The Bertz CT molecular complexity index is 418. The number of nitriles is 1. The van der Waals surface area contributed by atoms with Crippen LogP contribution in [-0.4, -0.2) is 37.3 Å². The van der Waals surface area contributed by atoms with Gasteiger partial charge in [0.05, 0.1) is 17.9 Å². The van der Waals surface area contributed by atoms with E-state index in [1.807, 2.05) is 0 Å². The molecule has 0 saturated heterocycles. The number of ketones is 1. The number of hydrogen-bond acceptors (Lipinski definition) is 6. The van der Waals surface area contributed by atoms with Crippen molar-refractivity contribution in [2.75, 3.05) is 6.61 Å². The molecular formula is C9H13NO5S. The molecule has 1 unspecified atom stereocenters. The number of nitrogens with zero attached hydrogens (tertiary/aromatic N) is 1. The summed E-state index contributed by atoms with van der Waals surface area (Å²) in [6, 6.07) is 1.32. The van der Waals surface area contributed by atoms with Crippen molar-refractivity contribution < 1.29 is 22.7 Å².